The molecule has 0 saturated carbocycles. The molecule has 2 rings (SSSR count). The third-order valence-corrected chi connectivity index (χ3v) is 3.21. The fraction of sp³-hybridized carbons (Fsp3) is 0.500. The van der Waals surface area contributed by atoms with Crippen molar-refractivity contribution in [2.75, 3.05) is 11.9 Å². The van der Waals surface area contributed by atoms with Crippen LogP contribution in [0.25, 0.3) is 0 Å². The van der Waals surface area contributed by atoms with Gasteiger partial charge < -0.3 is 10.6 Å². The minimum atomic E-state index is -4.24. The molecule has 20 heavy (non-hydrogen) atoms. The molecule has 1 aromatic carbocycles. The summed E-state index contributed by atoms with van der Waals surface area (Å²) in [5.74, 6) is -0.173. The number of hydrogen-bond acceptors (Lipinski definition) is 2. The van der Waals surface area contributed by atoms with Gasteiger partial charge in [-0.05, 0) is 37.1 Å². The highest BCUT2D eigenvalue weighted by atomic mass is 19.4. The number of halogens is 3. The Balaban J connectivity index is 1.91. The van der Waals surface area contributed by atoms with Gasteiger partial charge in [0.15, 0.2) is 0 Å². The molecule has 0 bridgehead atoms. The van der Waals surface area contributed by atoms with Gasteiger partial charge in [-0.2, -0.15) is 13.2 Å². The van der Waals surface area contributed by atoms with E-state index in [1.54, 1.807) is 6.07 Å². The third-order valence-electron chi connectivity index (χ3n) is 3.21. The summed E-state index contributed by atoms with van der Waals surface area (Å²) in [6, 6.07) is 6.06. The zero-order valence-corrected chi connectivity index (χ0v) is 11.0. The number of benzene rings is 1. The van der Waals surface area contributed by atoms with Crippen molar-refractivity contribution in [1.29, 1.82) is 0 Å². The van der Waals surface area contributed by atoms with E-state index in [4.69, 9.17) is 0 Å². The Bertz CT molecular complexity index is 468. The number of alkyl halides is 3. The molecule has 1 heterocycles. The lowest BCUT2D eigenvalue weighted by atomic mass is 10.1. The summed E-state index contributed by atoms with van der Waals surface area (Å²) in [5.41, 5.74) is 0.559. The van der Waals surface area contributed by atoms with Crippen molar-refractivity contribution in [2.45, 2.75) is 37.9 Å². The molecule has 6 heteroatoms. The van der Waals surface area contributed by atoms with Gasteiger partial charge in [0.25, 0.3) is 0 Å². The molecule has 1 saturated heterocycles. The molecule has 110 valence electrons. The molecule has 0 spiro atoms. The van der Waals surface area contributed by atoms with E-state index in [0.717, 1.165) is 19.4 Å². The Kier molecular flexibility index (Phi) is 4.65. The van der Waals surface area contributed by atoms with Gasteiger partial charge in [-0.1, -0.05) is 12.1 Å². The zero-order valence-electron chi connectivity index (χ0n) is 11.0. The van der Waals surface area contributed by atoms with Crippen molar-refractivity contribution in [3.05, 3.63) is 29.8 Å². The van der Waals surface area contributed by atoms with E-state index in [2.05, 4.69) is 10.6 Å². The van der Waals surface area contributed by atoms with E-state index < -0.39 is 12.6 Å². The van der Waals surface area contributed by atoms with E-state index in [1.807, 2.05) is 0 Å². The minimum Gasteiger partial charge on any atom is -0.326 e. The van der Waals surface area contributed by atoms with Crippen LogP contribution in [0.3, 0.4) is 0 Å². The largest absolute Gasteiger partial charge is 0.393 e. The number of rotatable bonds is 4. The first-order valence-corrected chi connectivity index (χ1v) is 6.61. The maximum atomic E-state index is 12.3. The lowest BCUT2D eigenvalue weighted by Gasteiger charge is -2.12. The Morgan fingerprint density at radius 1 is 1.40 bits per heavy atom. The molecule has 1 aliphatic heterocycles. The Labute approximate surface area is 115 Å². The Hall–Kier alpha value is -1.56. The highest BCUT2D eigenvalue weighted by Crippen LogP contribution is 2.23. The van der Waals surface area contributed by atoms with Crippen LogP contribution < -0.4 is 10.6 Å². The van der Waals surface area contributed by atoms with Crippen molar-refractivity contribution in [3.63, 3.8) is 0 Å². The second kappa shape index (κ2) is 6.26. The fourth-order valence-corrected chi connectivity index (χ4v) is 2.36. The first-order valence-electron chi connectivity index (χ1n) is 6.61. The van der Waals surface area contributed by atoms with E-state index >= 15 is 0 Å². The number of carbonyl (C=O) groups is 1. The highest BCUT2D eigenvalue weighted by Gasteiger charge is 2.27. The first-order chi connectivity index (χ1) is 9.42. The summed E-state index contributed by atoms with van der Waals surface area (Å²) in [7, 11) is 0. The molecular weight excluding hydrogens is 269 g/mol. The van der Waals surface area contributed by atoms with Crippen LogP contribution in [0.5, 0.6) is 0 Å². The van der Waals surface area contributed by atoms with Crippen molar-refractivity contribution in [1.82, 2.24) is 5.32 Å². The minimum absolute atomic E-state index is 0.147. The van der Waals surface area contributed by atoms with Crippen LogP contribution in [0.15, 0.2) is 24.3 Å². The topological polar surface area (TPSA) is 41.1 Å². The molecule has 1 atom stereocenters. The standard InChI is InChI=1S/C14H17F3N2O/c15-14(16,17)9-10-3-1-4-12(7-10)19-13(20)8-11-5-2-6-18-11/h1,3-4,7,11,18H,2,5-6,8-9H2,(H,19,20). The van der Waals surface area contributed by atoms with Gasteiger partial charge in [0, 0.05) is 18.2 Å². The smallest absolute Gasteiger partial charge is 0.326 e. The summed E-state index contributed by atoms with van der Waals surface area (Å²) in [4.78, 5) is 11.8. The Morgan fingerprint density at radius 2 is 2.20 bits per heavy atom. The number of anilines is 1. The molecule has 1 aromatic rings. The van der Waals surface area contributed by atoms with Gasteiger partial charge in [-0.25, -0.2) is 0 Å². The molecule has 0 radical (unpaired) electrons. The lowest BCUT2D eigenvalue weighted by molar-refractivity contribution is -0.127. The molecular formula is C14H17F3N2O. The summed E-state index contributed by atoms with van der Waals surface area (Å²) in [6.45, 7) is 0.916. The molecule has 1 aliphatic rings. The molecule has 2 N–H and O–H groups in total. The molecule has 1 fully saturated rings. The van der Waals surface area contributed by atoms with Gasteiger partial charge in [0.05, 0.1) is 6.42 Å². The molecule has 1 amide bonds. The third kappa shape index (κ3) is 4.85. The maximum Gasteiger partial charge on any atom is 0.393 e. The number of nitrogens with one attached hydrogen (secondary N) is 2. The summed E-state index contributed by atoms with van der Waals surface area (Å²) in [6.07, 6.45) is -2.86. The van der Waals surface area contributed by atoms with Crippen LogP contribution in [0, 0.1) is 0 Å². The maximum absolute atomic E-state index is 12.3. The number of carbonyl (C=O) groups excluding carboxylic acids is 1. The number of hydrogen-bond donors (Lipinski definition) is 2. The van der Waals surface area contributed by atoms with E-state index in [0.29, 0.717) is 12.1 Å². The van der Waals surface area contributed by atoms with Gasteiger partial charge in [-0.15, -0.1) is 0 Å². The van der Waals surface area contributed by atoms with Crippen molar-refractivity contribution >= 4 is 11.6 Å². The van der Waals surface area contributed by atoms with Crippen LogP contribution in [0.1, 0.15) is 24.8 Å². The average molecular weight is 286 g/mol. The number of amides is 1. The van der Waals surface area contributed by atoms with Crippen LogP contribution in [-0.4, -0.2) is 24.7 Å². The quantitative estimate of drug-likeness (QED) is 0.893. The summed E-state index contributed by atoms with van der Waals surface area (Å²) >= 11 is 0. The zero-order chi connectivity index (χ0) is 14.6. The average Bonchev–Trinajstić information content (AvgIpc) is 2.79. The van der Waals surface area contributed by atoms with Gasteiger partial charge >= 0.3 is 6.18 Å². The summed E-state index contributed by atoms with van der Waals surface area (Å²) in [5, 5.41) is 5.85. The second-order valence-electron chi connectivity index (χ2n) is 5.04. The van der Waals surface area contributed by atoms with Gasteiger partial charge in [0.1, 0.15) is 0 Å². The van der Waals surface area contributed by atoms with Crippen LogP contribution in [-0.2, 0) is 11.2 Å². The first kappa shape index (κ1) is 14.8. The van der Waals surface area contributed by atoms with Crippen LogP contribution in [0.4, 0.5) is 18.9 Å². The van der Waals surface area contributed by atoms with E-state index in [-0.39, 0.29) is 17.5 Å². The van der Waals surface area contributed by atoms with Gasteiger partial charge in [-0.3, -0.25) is 4.79 Å². The normalized spacial score (nSPS) is 19.1. The lowest BCUT2D eigenvalue weighted by Crippen LogP contribution is -2.27. The van der Waals surface area contributed by atoms with Crippen LogP contribution >= 0.6 is 0 Å². The monoisotopic (exact) mass is 286 g/mol. The molecule has 1 unspecified atom stereocenters. The fourth-order valence-electron chi connectivity index (χ4n) is 2.36. The second-order valence-corrected chi connectivity index (χ2v) is 5.04. The highest BCUT2D eigenvalue weighted by molar-refractivity contribution is 5.91. The van der Waals surface area contributed by atoms with E-state index in [1.165, 1.54) is 18.2 Å². The van der Waals surface area contributed by atoms with Crippen molar-refractivity contribution in [3.8, 4) is 0 Å². The molecule has 0 aromatic heterocycles. The van der Waals surface area contributed by atoms with Gasteiger partial charge in [0.2, 0.25) is 5.91 Å². The predicted octanol–water partition coefficient (Wildman–Crippen LogP) is 2.87. The predicted molar refractivity (Wildman–Crippen MR) is 70.5 cm³/mol. The van der Waals surface area contributed by atoms with Crippen LogP contribution in [0.2, 0.25) is 0 Å². The SMILES string of the molecule is O=C(CC1CCCN1)Nc1cccc(CC(F)(F)F)c1. The summed E-state index contributed by atoms with van der Waals surface area (Å²) < 4.78 is 36.9. The molecule has 3 nitrogen and oxygen atoms in total. The molecule has 0 aliphatic carbocycles. The van der Waals surface area contributed by atoms with E-state index in [9.17, 15) is 18.0 Å². The van der Waals surface area contributed by atoms with Crippen molar-refractivity contribution < 1.29 is 18.0 Å². The van der Waals surface area contributed by atoms with Crippen molar-refractivity contribution in [2.24, 2.45) is 0 Å². The Morgan fingerprint density at radius 3 is 2.85 bits per heavy atom.